The van der Waals surface area contributed by atoms with Gasteiger partial charge in [0.25, 0.3) is 11.4 Å². The van der Waals surface area contributed by atoms with Crippen molar-refractivity contribution < 1.29 is 9.85 Å². The van der Waals surface area contributed by atoms with Crippen molar-refractivity contribution >= 4 is 33.2 Å². The first-order valence-corrected chi connectivity index (χ1v) is 13.5. The smallest absolute Gasteiger partial charge is 0.270 e. The molecular formula is C31H32N4O4. The largest absolute Gasteiger partial charge is 0.347 e. The number of nitro benzene ring substituents is 2. The number of aromatic nitrogens is 2. The van der Waals surface area contributed by atoms with Gasteiger partial charge in [-0.1, -0.05) is 57.0 Å². The number of hydrogen-bond donors (Lipinski definition) is 0. The highest BCUT2D eigenvalue weighted by Crippen LogP contribution is 2.42. The Morgan fingerprint density at radius 1 is 0.692 bits per heavy atom. The van der Waals surface area contributed by atoms with E-state index in [1.807, 2.05) is 30.3 Å². The molecule has 2 heterocycles. The van der Waals surface area contributed by atoms with Gasteiger partial charge in [0.2, 0.25) is 0 Å². The number of benzene rings is 3. The molecule has 0 aliphatic heterocycles. The van der Waals surface area contributed by atoms with Gasteiger partial charge in [0, 0.05) is 77.5 Å². The molecule has 5 aromatic rings. The molecule has 200 valence electrons. The Morgan fingerprint density at radius 3 is 1.56 bits per heavy atom. The zero-order valence-electron chi connectivity index (χ0n) is 22.2. The quantitative estimate of drug-likeness (QED) is 0.128. The summed E-state index contributed by atoms with van der Waals surface area (Å²) in [5.41, 5.74) is 4.93. The van der Waals surface area contributed by atoms with Gasteiger partial charge in [0.1, 0.15) is 0 Å². The highest BCUT2D eigenvalue weighted by Gasteiger charge is 2.27. The second-order valence-electron chi connectivity index (χ2n) is 10.0. The van der Waals surface area contributed by atoms with Crippen LogP contribution in [0.3, 0.4) is 0 Å². The summed E-state index contributed by atoms with van der Waals surface area (Å²) in [6.45, 7) is 5.89. The maximum absolute atomic E-state index is 11.8. The van der Waals surface area contributed by atoms with Gasteiger partial charge in [-0.3, -0.25) is 20.2 Å². The van der Waals surface area contributed by atoms with Crippen LogP contribution < -0.4 is 0 Å². The third-order valence-corrected chi connectivity index (χ3v) is 7.47. The molecule has 8 nitrogen and oxygen atoms in total. The fourth-order valence-corrected chi connectivity index (χ4v) is 5.51. The van der Waals surface area contributed by atoms with Crippen molar-refractivity contribution in [1.82, 2.24) is 9.13 Å². The lowest BCUT2D eigenvalue weighted by Gasteiger charge is -2.17. The summed E-state index contributed by atoms with van der Waals surface area (Å²) in [5.74, 6) is -0.272. The Bertz CT molecular complexity index is 1550. The molecular weight excluding hydrogens is 492 g/mol. The number of rotatable bonds is 11. The van der Waals surface area contributed by atoms with Crippen LogP contribution in [0.15, 0.2) is 79.1 Å². The van der Waals surface area contributed by atoms with Crippen LogP contribution in [-0.2, 0) is 13.1 Å². The minimum absolute atomic E-state index is 0.0461. The lowest BCUT2D eigenvalue weighted by molar-refractivity contribution is -0.384. The monoisotopic (exact) mass is 524 g/mol. The van der Waals surface area contributed by atoms with E-state index in [1.54, 1.807) is 24.3 Å². The zero-order chi connectivity index (χ0) is 27.5. The van der Waals surface area contributed by atoms with Gasteiger partial charge in [-0.2, -0.15) is 0 Å². The Balaban J connectivity index is 1.83. The number of hydrogen-bond acceptors (Lipinski definition) is 4. The van der Waals surface area contributed by atoms with Crippen molar-refractivity contribution in [1.29, 1.82) is 0 Å². The maximum atomic E-state index is 11.8. The van der Waals surface area contributed by atoms with Crippen LogP contribution in [0.1, 0.15) is 62.1 Å². The topological polar surface area (TPSA) is 96.1 Å². The van der Waals surface area contributed by atoms with E-state index in [4.69, 9.17) is 0 Å². The van der Waals surface area contributed by atoms with E-state index in [0.717, 1.165) is 77.3 Å². The molecule has 0 spiro atoms. The van der Waals surface area contributed by atoms with Gasteiger partial charge in [-0.25, -0.2) is 0 Å². The molecule has 0 N–H and O–H groups in total. The van der Waals surface area contributed by atoms with Gasteiger partial charge in [-0.15, -0.1) is 0 Å². The van der Waals surface area contributed by atoms with Crippen LogP contribution in [0.25, 0.3) is 21.8 Å². The minimum atomic E-state index is -0.357. The number of nitrogens with zero attached hydrogens (tertiary/aromatic N) is 4. The average Bonchev–Trinajstić information content (AvgIpc) is 3.49. The normalized spacial score (nSPS) is 11.6. The lowest BCUT2D eigenvalue weighted by atomic mass is 9.84. The second-order valence-corrected chi connectivity index (χ2v) is 10.0. The second kappa shape index (κ2) is 11.1. The van der Waals surface area contributed by atoms with Crippen LogP contribution >= 0.6 is 0 Å². The highest BCUT2D eigenvalue weighted by molar-refractivity contribution is 5.91. The summed E-state index contributed by atoms with van der Waals surface area (Å²) in [6.07, 6.45) is 8.26. The third-order valence-electron chi connectivity index (χ3n) is 7.47. The first-order chi connectivity index (χ1) is 18.9. The van der Waals surface area contributed by atoms with Crippen molar-refractivity contribution in [2.45, 2.75) is 58.5 Å². The molecule has 39 heavy (non-hydrogen) atoms. The van der Waals surface area contributed by atoms with E-state index in [0.29, 0.717) is 0 Å². The average molecular weight is 525 g/mol. The molecule has 3 aromatic carbocycles. The molecule has 2 aromatic heterocycles. The van der Waals surface area contributed by atoms with Gasteiger partial charge >= 0.3 is 0 Å². The third kappa shape index (κ3) is 5.02. The number of fused-ring (bicyclic) bond motifs is 2. The predicted octanol–water partition coefficient (Wildman–Crippen LogP) is 8.19. The molecule has 0 aliphatic rings. The Hall–Kier alpha value is -4.46. The molecule has 0 aliphatic carbocycles. The van der Waals surface area contributed by atoms with Crippen LogP contribution in [0, 0.1) is 20.2 Å². The Kier molecular flexibility index (Phi) is 7.45. The van der Waals surface area contributed by atoms with Gasteiger partial charge in [0.15, 0.2) is 0 Å². The standard InChI is InChI=1S/C31H32N4O4/c1-3-5-16-32-20-27(25-18-23(34(36)37)12-14-29(25)32)31(22-10-8-7-9-11-22)28-21-33(17-6-4-2)30-15-13-24(35(38)39)19-26(28)30/h7-15,18-21,31H,3-6,16-17H2,1-2H3. The molecule has 0 saturated heterocycles. The van der Waals surface area contributed by atoms with Crippen LogP contribution in [-0.4, -0.2) is 19.0 Å². The van der Waals surface area contributed by atoms with E-state index in [9.17, 15) is 20.2 Å². The summed E-state index contributed by atoms with van der Waals surface area (Å²) < 4.78 is 4.37. The molecule has 5 rings (SSSR count). The number of nitro groups is 2. The molecule has 0 unspecified atom stereocenters. The molecule has 0 atom stereocenters. The summed E-state index contributed by atoms with van der Waals surface area (Å²) >= 11 is 0. The summed E-state index contributed by atoms with van der Waals surface area (Å²) in [6, 6.07) is 20.2. The van der Waals surface area contributed by atoms with Crippen molar-refractivity contribution in [3.05, 3.63) is 116 Å². The lowest BCUT2D eigenvalue weighted by Crippen LogP contribution is -2.03. The summed E-state index contributed by atoms with van der Waals surface area (Å²) in [7, 11) is 0. The fraction of sp³-hybridized carbons (Fsp3) is 0.290. The molecule has 0 radical (unpaired) electrons. The number of non-ortho nitro benzene ring substituents is 2. The van der Waals surface area contributed by atoms with E-state index < -0.39 is 0 Å². The van der Waals surface area contributed by atoms with Crippen LogP contribution in [0.5, 0.6) is 0 Å². The SMILES string of the molecule is CCCCn1cc(C(c2ccccc2)c2cn(CCCC)c3ccc([N+](=O)[O-])cc23)c2cc([N+](=O)[O-])ccc21. The van der Waals surface area contributed by atoms with Gasteiger partial charge in [-0.05, 0) is 41.7 Å². The zero-order valence-corrected chi connectivity index (χ0v) is 22.2. The maximum Gasteiger partial charge on any atom is 0.270 e. The van der Waals surface area contributed by atoms with Gasteiger partial charge < -0.3 is 9.13 Å². The van der Waals surface area contributed by atoms with Crippen molar-refractivity contribution in [2.75, 3.05) is 0 Å². The molecule has 0 bridgehead atoms. The van der Waals surface area contributed by atoms with E-state index in [-0.39, 0.29) is 27.1 Å². The van der Waals surface area contributed by atoms with Crippen molar-refractivity contribution in [2.24, 2.45) is 0 Å². The predicted molar refractivity (Wildman–Crippen MR) is 154 cm³/mol. The first kappa shape index (κ1) is 26.2. The van der Waals surface area contributed by atoms with Crippen molar-refractivity contribution in [3.63, 3.8) is 0 Å². The highest BCUT2D eigenvalue weighted by atomic mass is 16.6. The number of unbranched alkanes of at least 4 members (excludes halogenated alkanes) is 2. The molecule has 0 saturated carbocycles. The molecule has 8 heteroatoms. The van der Waals surface area contributed by atoms with E-state index >= 15 is 0 Å². The van der Waals surface area contributed by atoms with E-state index in [1.165, 1.54) is 0 Å². The fourth-order valence-electron chi connectivity index (χ4n) is 5.51. The van der Waals surface area contributed by atoms with Crippen LogP contribution in [0.4, 0.5) is 11.4 Å². The molecule has 0 amide bonds. The molecule has 0 fully saturated rings. The van der Waals surface area contributed by atoms with Crippen LogP contribution in [0.2, 0.25) is 0 Å². The summed E-state index contributed by atoms with van der Waals surface area (Å²) in [4.78, 5) is 22.8. The minimum Gasteiger partial charge on any atom is -0.347 e. The summed E-state index contributed by atoms with van der Waals surface area (Å²) in [5, 5.41) is 25.2. The van der Waals surface area contributed by atoms with Gasteiger partial charge in [0.05, 0.1) is 9.85 Å². The first-order valence-electron chi connectivity index (χ1n) is 13.5. The van der Waals surface area contributed by atoms with Crippen molar-refractivity contribution in [3.8, 4) is 0 Å². The Labute approximate surface area is 226 Å². The van der Waals surface area contributed by atoms with E-state index in [2.05, 4.69) is 47.5 Å². The Morgan fingerprint density at radius 2 is 1.15 bits per heavy atom. The number of aryl methyl sites for hydroxylation is 2.